The molecule has 3 aromatic heterocycles. The number of nitrogens with zero attached hydrogens (tertiary/aromatic N) is 5. The average Bonchev–Trinajstić information content (AvgIpc) is 3.30. The molecule has 2 fully saturated rings. The highest BCUT2D eigenvalue weighted by atomic mass is 32.2. The number of pyridine rings is 1. The summed E-state index contributed by atoms with van der Waals surface area (Å²) in [6, 6.07) is 7.65. The summed E-state index contributed by atoms with van der Waals surface area (Å²) in [5, 5.41) is 4.59. The van der Waals surface area contributed by atoms with Gasteiger partial charge in [0.15, 0.2) is 0 Å². The van der Waals surface area contributed by atoms with Crippen molar-refractivity contribution in [3.05, 3.63) is 77.5 Å². The van der Waals surface area contributed by atoms with Crippen molar-refractivity contribution in [3.8, 4) is 11.3 Å². The van der Waals surface area contributed by atoms with E-state index in [2.05, 4.69) is 20.0 Å². The van der Waals surface area contributed by atoms with Gasteiger partial charge in [-0.05, 0) is 35.9 Å². The first-order chi connectivity index (χ1) is 20.6. The molecule has 43 heavy (non-hydrogen) atoms. The number of hydrogen-bond donors (Lipinski definition) is 1. The zero-order valence-electron chi connectivity index (χ0n) is 24.0. The topological polar surface area (TPSA) is 125 Å². The Morgan fingerprint density at radius 2 is 1.88 bits per heavy atom. The predicted octanol–water partition coefficient (Wildman–Crippen LogP) is 2.99. The zero-order valence-corrected chi connectivity index (χ0v) is 24.8. The van der Waals surface area contributed by atoms with E-state index >= 15 is 8.78 Å². The molecule has 2 saturated heterocycles. The van der Waals surface area contributed by atoms with Gasteiger partial charge in [0.1, 0.15) is 27.3 Å². The Kier molecular flexibility index (Phi) is 8.16. The molecule has 228 valence electrons. The number of nitrogens with two attached hydrogens (primary N) is 1. The Morgan fingerprint density at radius 1 is 1.12 bits per heavy atom. The first kappa shape index (κ1) is 29.5. The van der Waals surface area contributed by atoms with E-state index in [9.17, 15) is 8.42 Å². The molecule has 0 unspecified atom stereocenters. The quantitative estimate of drug-likeness (QED) is 0.304. The van der Waals surface area contributed by atoms with Crippen LogP contribution in [-0.4, -0.2) is 85.1 Å². The number of fused-ring (bicyclic) bond motifs is 1. The SMILES string of the molecule is C[C@H]1CN(c2ccncc2Cc2ncc3ccc(-c4c(F)cc(C5COC5)cc4F)nn23)C[C@@H](N)[C@H]1OCCS(C)(=O)=O. The standard InChI is InChI=1S/C30H34F2N6O4S/c1-18-14-37(15-25(33)30(18)42-7-8-43(2,39)40)27-5-6-34-12-20(27)11-28-35-13-22-3-4-26(36-38(22)28)29-23(31)9-19(10-24(29)32)21-16-41-17-21/h3-6,9-10,12-13,18,21,25,30H,7-8,11,14-17,33H2,1-2H3/t18-,25+,30-/m0/s1. The molecule has 10 nitrogen and oxygen atoms in total. The van der Waals surface area contributed by atoms with E-state index in [1.165, 1.54) is 18.4 Å². The van der Waals surface area contributed by atoms with Crippen molar-refractivity contribution in [2.45, 2.75) is 31.4 Å². The summed E-state index contributed by atoms with van der Waals surface area (Å²) in [6.07, 6.45) is 6.45. The number of piperidine rings is 1. The molecule has 2 N–H and O–H groups in total. The van der Waals surface area contributed by atoms with E-state index in [0.29, 0.717) is 49.6 Å². The van der Waals surface area contributed by atoms with E-state index in [0.717, 1.165) is 11.3 Å². The summed E-state index contributed by atoms with van der Waals surface area (Å²) in [5.41, 5.74) is 9.60. The van der Waals surface area contributed by atoms with Gasteiger partial charge in [0.25, 0.3) is 0 Å². The molecule has 1 aromatic carbocycles. The Labute approximate surface area is 248 Å². The number of rotatable bonds is 9. The molecule has 5 heterocycles. The van der Waals surface area contributed by atoms with Gasteiger partial charge < -0.3 is 20.1 Å². The first-order valence-corrected chi connectivity index (χ1v) is 16.3. The third-order valence-corrected chi connectivity index (χ3v) is 9.05. The van der Waals surface area contributed by atoms with Crippen LogP contribution in [0.1, 0.15) is 29.8 Å². The van der Waals surface area contributed by atoms with Crippen LogP contribution < -0.4 is 10.6 Å². The molecule has 0 spiro atoms. The van der Waals surface area contributed by atoms with Crippen LogP contribution in [0.25, 0.3) is 16.8 Å². The zero-order chi connectivity index (χ0) is 30.3. The van der Waals surface area contributed by atoms with Crippen LogP contribution in [-0.2, 0) is 25.7 Å². The van der Waals surface area contributed by atoms with Crippen molar-refractivity contribution in [2.75, 3.05) is 49.8 Å². The van der Waals surface area contributed by atoms with E-state index in [1.807, 2.05) is 13.0 Å². The predicted molar refractivity (Wildman–Crippen MR) is 158 cm³/mol. The summed E-state index contributed by atoms with van der Waals surface area (Å²) >= 11 is 0. The van der Waals surface area contributed by atoms with Gasteiger partial charge in [-0.3, -0.25) is 4.98 Å². The van der Waals surface area contributed by atoms with Gasteiger partial charge in [0, 0.05) is 67.3 Å². The van der Waals surface area contributed by atoms with Crippen LogP contribution in [0.15, 0.2) is 48.9 Å². The molecular weight excluding hydrogens is 578 g/mol. The third-order valence-electron chi connectivity index (χ3n) is 8.14. The van der Waals surface area contributed by atoms with Gasteiger partial charge in [-0.15, -0.1) is 0 Å². The van der Waals surface area contributed by atoms with Crippen LogP contribution in [0.3, 0.4) is 0 Å². The Bertz CT molecular complexity index is 1710. The minimum absolute atomic E-state index is 0.00171. The first-order valence-electron chi connectivity index (χ1n) is 14.2. The second kappa shape index (κ2) is 11.9. The highest BCUT2D eigenvalue weighted by molar-refractivity contribution is 7.90. The molecule has 6 rings (SSSR count). The van der Waals surface area contributed by atoms with Gasteiger partial charge in [0.2, 0.25) is 0 Å². The van der Waals surface area contributed by atoms with Crippen molar-refractivity contribution in [1.29, 1.82) is 0 Å². The van der Waals surface area contributed by atoms with Crippen molar-refractivity contribution < 1.29 is 26.7 Å². The number of sulfone groups is 1. The molecule has 0 bridgehead atoms. The molecule has 4 aromatic rings. The lowest BCUT2D eigenvalue weighted by atomic mass is 9.91. The van der Waals surface area contributed by atoms with E-state index < -0.39 is 21.5 Å². The Hall–Kier alpha value is -3.52. The molecule has 2 aliphatic heterocycles. The van der Waals surface area contributed by atoms with E-state index in [-0.39, 0.29) is 47.6 Å². The number of hydrogen-bond acceptors (Lipinski definition) is 9. The van der Waals surface area contributed by atoms with Crippen LogP contribution in [0, 0.1) is 17.6 Å². The second-order valence-electron chi connectivity index (χ2n) is 11.5. The maximum Gasteiger partial charge on any atom is 0.149 e. The van der Waals surface area contributed by atoms with Crippen LogP contribution in [0.4, 0.5) is 14.5 Å². The Morgan fingerprint density at radius 3 is 2.56 bits per heavy atom. The molecule has 0 radical (unpaired) electrons. The highest BCUT2D eigenvalue weighted by Crippen LogP contribution is 2.32. The largest absolute Gasteiger partial charge is 0.380 e. The van der Waals surface area contributed by atoms with Crippen molar-refractivity contribution in [1.82, 2.24) is 19.6 Å². The monoisotopic (exact) mass is 612 g/mol. The van der Waals surface area contributed by atoms with Gasteiger partial charge >= 0.3 is 0 Å². The minimum atomic E-state index is -3.12. The summed E-state index contributed by atoms with van der Waals surface area (Å²) in [6.45, 7) is 4.23. The molecule has 0 aliphatic carbocycles. The van der Waals surface area contributed by atoms with Crippen molar-refractivity contribution >= 4 is 21.0 Å². The number of anilines is 1. The maximum atomic E-state index is 15.2. The second-order valence-corrected chi connectivity index (χ2v) is 13.8. The number of benzene rings is 1. The molecule has 13 heteroatoms. The van der Waals surface area contributed by atoms with Crippen LogP contribution in [0.5, 0.6) is 0 Å². The van der Waals surface area contributed by atoms with Crippen LogP contribution in [0.2, 0.25) is 0 Å². The smallest absolute Gasteiger partial charge is 0.149 e. The number of ether oxygens (including phenoxy) is 2. The summed E-state index contributed by atoms with van der Waals surface area (Å²) in [4.78, 5) is 11.1. The molecule has 3 atom stereocenters. The summed E-state index contributed by atoms with van der Waals surface area (Å²) in [7, 11) is -3.12. The lowest BCUT2D eigenvalue weighted by molar-refractivity contribution is 0.00179. The summed E-state index contributed by atoms with van der Waals surface area (Å²) in [5.74, 6) is -0.743. The fraction of sp³-hybridized carbons (Fsp3) is 0.433. The Balaban J connectivity index is 1.23. The maximum absolute atomic E-state index is 15.2. The normalized spacial score (nSPS) is 21.3. The fourth-order valence-electron chi connectivity index (χ4n) is 5.85. The minimum Gasteiger partial charge on any atom is -0.380 e. The van der Waals surface area contributed by atoms with Gasteiger partial charge in [-0.2, -0.15) is 5.10 Å². The van der Waals surface area contributed by atoms with E-state index in [4.69, 9.17) is 15.2 Å². The molecule has 0 amide bonds. The average molecular weight is 613 g/mol. The molecule has 2 aliphatic rings. The van der Waals surface area contributed by atoms with E-state index in [1.54, 1.807) is 35.2 Å². The molecule has 0 saturated carbocycles. The van der Waals surface area contributed by atoms with Gasteiger partial charge in [0.05, 0.1) is 54.6 Å². The number of imidazole rings is 1. The lowest BCUT2D eigenvalue weighted by Gasteiger charge is -2.42. The number of aromatic nitrogens is 4. The van der Waals surface area contributed by atoms with Crippen molar-refractivity contribution in [2.24, 2.45) is 11.7 Å². The molecular formula is C30H34F2N6O4S. The van der Waals surface area contributed by atoms with Gasteiger partial charge in [-0.1, -0.05) is 6.92 Å². The van der Waals surface area contributed by atoms with Crippen molar-refractivity contribution in [3.63, 3.8) is 0 Å². The summed E-state index contributed by atoms with van der Waals surface area (Å²) < 4.78 is 66.0. The fourth-order valence-corrected chi connectivity index (χ4v) is 6.25. The highest BCUT2D eigenvalue weighted by Gasteiger charge is 2.34. The van der Waals surface area contributed by atoms with Gasteiger partial charge in [-0.25, -0.2) is 26.7 Å². The number of halogens is 2. The lowest BCUT2D eigenvalue weighted by Crippen LogP contribution is -2.57. The van der Waals surface area contributed by atoms with Crippen LogP contribution >= 0.6 is 0 Å². The third kappa shape index (κ3) is 6.26.